The first-order chi connectivity index (χ1) is 7.13. The van der Waals surface area contributed by atoms with E-state index in [2.05, 4.69) is 11.1 Å². The van der Waals surface area contributed by atoms with E-state index in [0.717, 1.165) is 28.2 Å². The smallest absolute Gasteiger partial charge is 0.191 e. The van der Waals surface area contributed by atoms with Crippen LogP contribution < -0.4 is 11.5 Å². The minimum Gasteiger partial charge on any atom is -0.496 e. The molecule has 4 nitrogen and oxygen atoms in total. The van der Waals surface area contributed by atoms with Gasteiger partial charge in [0.25, 0.3) is 0 Å². The summed E-state index contributed by atoms with van der Waals surface area (Å²) in [5.41, 5.74) is 14.9. The van der Waals surface area contributed by atoms with Crippen LogP contribution in [0.15, 0.2) is 51.4 Å². The van der Waals surface area contributed by atoms with Crippen LogP contribution in [-0.4, -0.2) is 13.1 Å². The summed E-state index contributed by atoms with van der Waals surface area (Å²) in [6.07, 6.45) is 5.78. The van der Waals surface area contributed by atoms with Crippen molar-refractivity contribution in [2.45, 2.75) is 6.92 Å². The average molecular weight is 203 g/mol. The molecular weight excluding hydrogens is 190 g/mol. The number of nitrogens with zero attached hydrogens (tertiary/aromatic N) is 1. The largest absolute Gasteiger partial charge is 0.496 e. The molecule has 78 valence electrons. The molecule has 0 saturated carbocycles. The predicted octanol–water partition coefficient (Wildman–Crippen LogP) is 0.944. The van der Waals surface area contributed by atoms with E-state index >= 15 is 0 Å². The Kier molecular flexibility index (Phi) is 2.11. The van der Waals surface area contributed by atoms with E-state index in [9.17, 15) is 0 Å². The highest BCUT2D eigenvalue weighted by molar-refractivity contribution is 5.79. The molecule has 2 rings (SSSR count). The maximum absolute atomic E-state index is 5.36. The van der Waals surface area contributed by atoms with Crippen LogP contribution in [0, 0.1) is 0 Å². The van der Waals surface area contributed by atoms with Crippen molar-refractivity contribution in [3.63, 3.8) is 0 Å². The lowest BCUT2D eigenvalue weighted by Gasteiger charge is -1.98. The fourth-order valence-electron chi connectivity index (χ4n) is 1.57. The van der Waals surface area contributed by atoms with Gasteiger partial charge in [0.15, 0.2) is 5.96 Å². The van der Waals surface area contributed by atoms with Gasteiger partial charge in [0.2, 0.25) is 0 Å². The molecule has 15 heavy (non-hydrogen) atoms. The Morgan fingerprint density at radius 2 is 2.07 bits per heavy atom. The third-order valence-corrected chi connectivity index (χ3v) is 2.41. The van der Waals surface area contributed by atoms with Crippen LogP contribution in [0.1, 0.15) is 6.92 Å². The fraction of sp³-hybridized carbons (Fsp3) is 0.182. The average Bonchev–Trinajstić information content (AvgIpc) is 2.94. The number of nitrogens with two attached hydrogens (primary N) is 2. The van der Waals surface area contributed by atoms with Crippen molar-refractivity contribution in [2.24, 2.45) is 16.5 Å². The SMILES string of the molecule is COC1=C2C=C2C(C)=C(N=C(N)N)C=C1. The van der Waals surface area contributed by atoms with Gasteiger partial charge in [-0.1, -0.05) is 0 Å². The Morgan fingerprint density at radius 1 is 1.33 bits per heavy atom. The second-order valence-corrected chi connectivity index (χ2v) is 3.42. The summed E-state index contributed by atoms with van der Waals surface area (Å²) in [5, 5.41) is 0. The van der Waals surface area contributed by atoms with Crippen molar-refractivity contribution in [3.8, 4) is 0 Å². The Bertz CT molecular complexity index is 460. The first-order valence-corrected chi connectivity index (χ1v) is 4.62. The van der Waals surface area contributed by atoms with Crippen LogP contribution in [0.25, 0.3) is 0 Å². The van der Waals surface area contributed by atoms with Crippen molar-refractivity contribution in [2.75, 3.05) is 7.11 Å². The quantitative estimate of drug-likeness (QED) is 0.518. The van der Waals surface area contributed by atoms with E-state index in [0.29, 0.717) is 0 Å². The highest BCUT2D eigenvalue weighted by Crippen LogP contribution is 2.41. The third-order valence-electron chi connectivity index (χ3n) is 2.41. The molecule has 0 aromatic rings. The Labute approximate surface area is 88.3 Å². The molecule has 2 aliphatic rings. The first kappa shape index (κ1) is 9.58. The van der Waals surface area contributed by atoms with Crippen molar-refractivity contribution in [3.05, 3.63) is 46.4 Å². The lowest BCUT2D eigenvalue weighted by Crippen LogP contribution is -2.22. The Morgan fingerprint density at radius 3 is 2.67 bits per heavy atom. The van der Waals surface area contributed by atoms with E-state index in [1.165, 1.54) is 0 Å². The monoisotopic (exact) mass is 203 g/mol. The molecule has 0 heterocycles. The van der Waals surface area contributed by atoms with Gasteiger partial charge in [0.1, 0.15) is 5.76 Å². The number of aliphatic imine (C=N–C) groups is 1. The van der Waals surface area contributed by atoms with Gasteiger partial charge in [-0.15, -0.1) is 0 Å². The molecular formula is C11H13N3O. The first-order valence-electron chi connectivity index (χ1n) is 4.62. The standard InChI is InChI=1S/C11H13N3O/c1-6-7-5-8(7)10(15-2)4-3-9(6)14-11(12)13/h3-5H,1-2H3,(H4,12,13,14). The normalized spacial score (nSPS) is 18.1. The summed E-state index contributed by atoms with van der Waals surface area (Å²) in [6.45, 7) is 1.99. The zero-order valence-corrected chi connectivity index (χ0v) is 8.74. The number of fused-ring (bicyclic) bond motifs is 1. The lowest BCUT2D eigenvalue weighted by atomic mass is 10.2. The maximum Gasteiger partial charge on any atom is 0.191 e. The van der Waals surface area contributed by atoms with Gasteiger partial charge in [-0.3, -0.25) is 0 Å². The van der Waals surface area contributed by atoms with Crippen LogP contribution >= 0.6 is 0 Å². The molecule has 0 radical (unpaired) electrons. The summed E-state index contributed by atoms with van der Waals surface area (Å²) in [5.74, 6) is 0.919. The number of guanidine groups is 1. The van der Waals surface area contributed by atoms with Crippen LogP contribution in [0.5, 0.6) is 0 Å². The van der Waals surface area contributed by atoms with E-state index in [-0.39, 0.29) is 5.96 Å². The molecule has 0 aromatic heterocycles. The number of rotatable bonds is 2. The molecule has 2 aliphatic carbocycles. The summed E-state index contributed by atoms with van der Waals surface area (Å²) < 4.78 is 5.23. The molecule has 0 spiro atoms. The van der Waals surface area contributed by atoms with E-state index in [4.69, 9.17) is 16.2 Å². The van der Waals surface area contributed by atoms with Gasteiger partial charge >= 0.3 is 0 Å². The zero-order chi connectivity index (χ0) is 11.0. The molecule has 0 aliphatic heterocycles. The number of allylic oxidation sites excluding steroid dienone is 6. The Hall–Kier alpha value is -1.97. The summed E-state index contributed by atoms with van der Waals surface area (Å²) in [6, 6.07) is 0. The number of hydrogen-bond acceptors (Lipinski definition) is 2. The highest BCUT2D eigenvalue weighted by atomic mass is 16.5. The van der Waals surface area contributed by atoms with Crippen LogP contribution in [0.3, 0.4) is 0 Å². The lowest BCUT2D eigenvalue weighted by molar-refractivity contribution is 0.305. The molecule has 4 heteroatoms. The Balaban J connectivity index is 2.40. The molecule has 0 saturated heterocycles. The number of methoxy groups -OCH3 is 1. The molecule has 0 bridgehead atoms. The molecule has 0 aromatic carbocycles. The molecule has 0 amide bonds. The maximum atomic E-state index is 5.36. The summed E-state index contributed by atoms with van der Waals surface area (Å²) in [7, 11) is 1.65. The van der Waals surface area contributed by atoms with Gasteiger partial charge in [-0.05, 0) is 36.3 Å². The molecule has 0 fully saturated rings. The van der Waals surface area contributed by atoms with Crippen molar-refractivity contribution in [1.82, 2.24) is 0 Å². The van der Waals surface area contributed by atoms with E-state index < -0.39 is 0 Å². The summed E-state index contributed by atoms with van der Waals surface area (Å²) >= 11 is 0. The zero-order valence-electron chi connectivity index (χ0n) is 8.74. The topological polar surface area (TPSA) is 73.6 Å². The highest BCUT2D eigenvalue weighted by Gasteiger charge is 2.26. The number of hydrogen-bond donors (Lipinski definition) is 2. The summed E-state index contributed by atoms with van der Waals surface area (Å²) in [4.78, 5) is 4.07. The van der Waals surface area contributed by atoms with Gasteiger partial charge in [0.05, 0.1) is 12.8 Å². The molecule has 0 unspecified atom stereocenters. The van der Waals surface area contributed by atoms with E-state index in [1.807, 2.05) is 19.1 Å². The van der Waals surface area contributed by atoms with Gasteiger partial charge in [-0.25, -0.2) is 4.99 Å². The minimum atomic E-state index is 0.0673. The van der Waals surface area contributed by atoms with Gasteiger partial charge in [0, 0.05) is 5.57 Å². The second kappa shape index (κ2) is 3.31. The molecule has 4 N–H and O–H groups in total. The van der Waals surface area contributed by atoms with Gasteiger partial charge < -0.3 is 16.2 Å². The van der Waals surface area contributed by atoms with Gasteiger partial charge in [-0.2, -0.15) is 0 Å². The molecule has 0 atom stereocenters. The fourth-order valence-corrected chi connectivity index (χ4v) is 1.57. The van der Waals surface area contributed by atoms with Crippen molar-refractivity contribution in [1.29, 1.82) is 0 Å². The predicted molar refractivity (Wildman–Crippen MR) is 59.8 cm³/mol. The van der Waals surface area contributed by atoms with Crippen LogP contribution in [0.2, 0.25) is 0 Å². The van der Waals surface area contributed by atoms with Crippen LogP contribution in [-0.2, 0) is 4.74 Å². The van der Waals surface area contributed by atoms with E-state index in [1.54, 1.807) is 7.11 Å². The second-order valence-electron chi connectivity index (χ2n) is 3.42. The minimum absolute atomic E-state index is 0.0673. The van der Waals surface area contributed by atoms with Crippen molar-refractivity contribution < 1.29 is 4.74 Å². The third kappa shape index (κ3) is 1.66. The number of ether oxygens (including phenoxy) is 1. The van der Waals surface area contributed by atoms with Crippen molar-refractivity contribution >= 4 is 5.96 Å². The van der Waals surface area contributed by atoms with Crippen LogP contribution in [0.4, 0.5) is 0 Å².